The molecule has 162 valence electrons. The minimum absolute atomic E-state index is 0. The van der Waals surface area contributed by atoms with E-state index in [1.165, 1.54) is 7.11 Å². The SMILES string of the molecule is COc1cc(C2CCN(c3ccc(Oc4ccc(Cl)cc4)cc3)C2)ccc1C(=O)O.Cl. The number of benzene rings is 3. The number of anilines is 1. The Bertz CT molecular complexity index is 1040. The maximum absolute atomic E-state index is 11.3. The molecule has 1 aliphatic rings. The Kier molecular flexibility index (Phi) is 7.31. The number of methoxy groups -OCH3 is 1. The fraction of sp³-hybridized carbons (Fsp3) is 0.208. The van der Waals surface area contributed by atoms with Gasteiger partial charge in [0.05, 0.1) is 7.11 Å². The fourth-order valence-electron chi connectivity index (χ4n) is 3.77. The van der Waals surface area contributed by atoms with Crippen LogP contribution in [0.5, 0.6) is 17.2 Å². The third kappa shape index (κ3) is 5.24. The highest BCUT2D eigenvalue weighted by Crippen LogP contribution is 2.34. The third-order valence-corrected chi connectivity index (χ3v) is 5.62. The molecule has 0 spiro atoms. The lowest BCUT2D eigenvalue weighted by molar-refractivity contribution is 0.0693. The summed E-state index contributed by atoms with van der Waals surface area (Å²) >= 11 is 5.91. The predicted octanol–water partition coefficient (Wildman–Crippen LogP) is 6.25. The van der Waals surface area contributed by atoms with Crippen molar-refractivity contribution in [3.63, 3.8) is 0 Å². The quantitative estimate of drug-likeness (QED) is 0.471. The molecule has 5 nitrogen and oxygen atoms in total. The van der Waals surface area contributed by atoms with Crippen molar-refractivity contribution in [3.05, 3.63) is 82.9 Å². The lowest BCUT2D eigenvalue weighted by Gasteiger charge is -2.19. The summed E-state index contributed by atoms with van der Waals surface area (Å²) in [6, 6.07) is 20.7. The monoisotopic (exact) mass is 459 g/mol. The number of hydrogen-bond acceptors (Lipinski definition) is 4. The summed E-state index contributed by atoms with van der Waals surface area (Å²) in [6.45, 7) is 1.80. The van der Waals surface area contributed by atoms with E-state index >= 15 is 0 Å². The molecule has 31 heavy (non-hydrogen) atoms. The van der Waals surface area contributed by atoms with E-state index in [1.807, 2.05) is 36.4 Å². The van der Waals surface area contributed by atoms with Gasteiger partial charge in [0.1, 0.15) is 22.8 Å². The second kappa shape index (κ2) is 9.94. The van der Waals surface area contributed by atoms with Gasteiger partial charge in [-0.05, 0) is 72.6 Å². The smallest absolute Gasteiger partial charge is 0.339 e. The largest absolute Gasteiger partial charge is 0.496 e. The zero-order chi connectivity index (χ0) is 21.1. The molecule has 0 aromatic heterocycles. The Hall–Kier alpha value is -2.89. The maximum Gasteiger partial charge on any atom is 0.339 e. The van der Waals surface area contributed by atoms with Crippen LogP contribution in [-0.2, 0) is 0 Å². The number of carbonyl (C=O) groups is 1. The molecule has 4 rings (SSSR count). The van der Waals surface area contributed by atoms with E-state index in [-0.39, 0.29) is 18.0 Å². The minimum atomic E-state index is -0.979. The molecule has 3 aromatic carbocycles. The van der Waals surface area contributed by atoms with Crippen molar-refractivity contribution in [1.82, 2.24) is 0 Å². The first-order valence-corrected chi connectivity index (χ1v) is 10.1. The summed E-state index contributed by atoms with van der Waals surface area (Å²) in [6.07, 6.45) is 0.999. The van der Waals surface area contributed by atoms with Gasteiger partial charge in [0.2, 0.25) is 0 Å². The van der Waals surface area contributed by atoms with E-state index < -0.39 is 5.97 Å². The molecule has 7 heteroatoms. The van der Waals surface area contributed by atoms with Crippen molar-refractivity contribution in [2.24, 2.45) is 0 Å². The highest BCUT2D eigenvalue weighted by atomic mass is 35.5. The van der Waals surface area contributed by atoms with Gasteiger partial charge in [0.25, 0.3) is 0 Å². The maximum atomic E-state index is 11.3. The molecule has 1 aliphatic heterocycles. The number of nitrogens with zero attached hydrogens (tertiary/aromatic N) is 1. The zero-order valence-corrected chi connectivity index (χ0v) is 18.5. The molecule has 0 saturated carbocycles. The van der Waals surface area contributed by atoms with Crippen LogP contribution in [0.15, 0.2) is 66.7 Å². The average molecular weight is 460 g/mol. The van der Waals surface area contributed by atoms with Gasteiger partial charge >= 0.3 is 5.97 Å². The Morgan fingerprint density at radius 3 is 2.29 bits per heavy atom. The predicted molar refractivity (Wildman–Crippen MR) is 125 cm³/mol. The Morgan fingerprint density at radius 2 is 1.68 bits per heavy atom. The van der Waals surface area contributed by atoms with Crippen molar-refractivity contribution in [3.8, 4) is 17.2 Å². The van der Waals surface area contributed by atoms with Gasteiger partial charge in [-0.25, -0.2) is 4.79 Å². The standard InChI is InChI=1S/C24H22ClNO4.ClH/c1-29-23-14-16(2-11-22(23)24(27)28)17-12-13-26(15-17)19-5-9-21(10-6-19)30-20-7-3-18(25)4-8-20;/h2-11,14,17H,12-13,15H2,1H3,(H,27,28);1H. The van der Waals surface area contributed by atoms with Gasteiger partial charge in [0, 0.05) is 29.7 Å². The topological polar surface area (TPSA) is 59.0 Å². The Morgan fingerprint density at radius 1 is 1.03 bits per heavy atom. The second-order valence-corrected chi connectivity index (χ2v) is 7.68. The van der Waals surface area contributed by atoms with E-state index in [1.54, 1.807) is 18.2 Å². The van der Waals surface area contributed by atoms with Gasteiger partial charge in [-0.1, -0.05) is 17.7 Å². The first-order chi connectivity index (χ1) is 14.5. The molecule has 1 atom stereocenters. The van der Waals surface area contributed by atoms with Gasteiger partial charge in [-0.3, -0.25) is 0 Å². The van der Waals surface area contributed by atoms with E-state index in [4.69, 9.17) is 21.1 Å². The van der Waals surface area contributed by atoms with E-state index in [0.29, 0.717) is 16.7 Å². The van der Waals surface area contributed by atoms with Crippen LogP contribution in [0, 0.1) is 0 Å². The van der Waals surface area contributed by atoms with E-state index in [2.05, 4.69) is 17.0 Å². The van der Waals surface area contributed by atoms with Gasteiger partial charge in [-0.15, -0.1) is 12.4 Å². The molecule has 3 aromatic rings. The lowest BCUT2D eigenvalue weighted by Crippen LogP contribution is -2.19. The molecule has 0 bridgehead atoms. The molecule has 0 amide bonds. The number of hydrogen-bond donors (Lipinski definition) is 1. The van der Waals surface area contributed by atoms with Crippen LogP contribution >= 0.6 is 24.0 Å². The highest BCUT2D eigenvalue weighted by molar-refractivity contribution is 6.30. The molecular weight excluding hydrogens is 437 g/mol. The highest BCUT2D eigenvalue weighted by Gasteiger charge is 2.25. The van der Waals surface area contributed by atoms with Gasteiger partial charge < -0.3 is 19.5 Å². The number of aromatic carboxylic acids is 1. The number of carboxylic acid groups (broad SMARTS) is 1. The van der Waals surface area contributed by atoms with Crippen LogP contribution in [0.4, 0.5) is 5.69 Å². The Balaban J connectivity index is 0.00000272. The van der Waals surface area contributed by atoms with Gasteiger partial charge in [-0.2, -0.15) is 0 Å². The van der Waals surface area contributed by atoms with E-state index in [9.17, 15) is 9.90 Å². The molecule has 1 heterocycles. The van der Waals surface area contributed by atoms with Crippen molar-refractivity contribution >= 4 is 35.7 Å². The van der Waals surface area contributed by atoms with Crippen molar-refractivity contribution < 1.29 is 19.4 Å². The summed E-state index contributed by atoms with van der Waals surface area (Å²) in [7, 11) is 1.50. The first kappa shape index (κ1) is 22.8. The molecule has 1 fully saturated rings. The van der Waals surface area contributed by atoms with Crippen LogP contribution in [0.25, 0.3) is 0 Å². The van der Waals surface area contributed by atoms with Crippen LogP contribution in [-0.4, -0.2) is 31.3 Å². The first-order valence-electron chi connectivity index (χ1n) is 9.73. The number of ether oxygens (including phenoxy) is 2. The Labute approximate surface area is 192 Å². The van der Waals surface area contributed by atoms with E-state index in [0.717, 1.165) is 42.3 Å². The van der Waals surface area contributed by atoms with Crippen LogP contribution in [0.2, 0.25) is 5.02 Å². The minimum Gasteiger partial charge on any atom is -0.496 e. The number of carboxylic acids is 1. The summed E-state index contributed by atoms with van der Waals surface area (Å²) in [5, 5.41) is 9.94. The average Bonchev–Trinajstić information content (AvgIpc) is 3.25. The molecule has 1 unspecified atom stereocenters. The van der Waals surface area contributed by atoms with Crippen molar-refractivity contribution in [2.45, 2.75) is 12.3 Å². The van der Waals surface area contributed by atoms with Crippen LogP contribution in [0.1, 0.15) is 28.3 Å². The fourth-order valence-corrected chi connectivity index (χ4v) is 3.89. The summed E-state index contributed by atoms with van der Waals surface area (Å²) in [5.41, 5.74) is 2.42. The molecule has 0 aliphatic carbocycles. The summed E-state index contributed by atoms with van der Waals surface area (Å²) in [4.78, 5) is 13.6. The third-order valence-electron chi connectivity index (χ3n) is 5.37. The van der Waals surface area contributed by atoms with Crippen molar-refractivity contribution in [1.29, 1.82) is 0 Å². The molecule has 1 N–H and O–H groups in total. The normalized spacial score (nSPS) is 15.3. The van der Waals surface area contributed by atoms with Crippen molar-refractivity contribution in [2.75, 3.05) is 25.1 Å². The molecule has 1 saturated heterocycles. The van der Waals surface area contributed by atoms with Gasteiger partial charge in [0.15, 0.2) is 0 Å². The number of halogens is 2. The van der Waals surface area contributed by atoms with Crippen LogP contribution < -0.4 is 14.4 Å². The molecular formula is C24H23Cl2NO4. The molecule has 0 radical (unpaired) electrons. The summed E-state index contributed by atoms with van der Waals surface area (Å²) < 4.78 is 11.1. The van der Waals surface area contributed by atoms with Crippen LogP contribution in [0.3, 0.4) is 0 Å². The zero-order valence-electron chi connectivity index (χ0n) is 17.0. The number of rotatable bonds is 6. The lowest BCUT2D eigenvalue weighted by atomic mass is 9.96. The second-order valence-electron chi connectivity index (χ2n) is 7.25. The summed E-state index contributed by atoms with van der Waals surface area (Å²) in [5.74, 6) is 1.26.